The number of rotatable bonds is 4. The van der Waals surface area contributed by atoms with Gasteiger partial charge >= 0.3 is 0 Å². The molecule has 7 nitrogen and oxygen atoms in total. The second-order valence-electron chi connectivity index (χ2n) is 6.34. The average Bonchev–Trinajstić information content (AvgIpc) is 2.75. The van der Waals surface area contributed by atoms with Crippen LogP contribution in [0.4, 0.5) is 0 Å². The molecule has 23 heavy (non-hydrogen) atoms. The standard InChI is InChI=1S/C16H25N3O4/c1-11-9-14(21)19(16(11)23)12(15(22)17-2)10-13(20)18-7-5-3-4-6-8-18/h11-12H,3-10H2,1-2H3,(H,17,22). The van der Waals surface area contributed by atoms with Gasteiger partial charge in [0, 0.05) is 32.5 Å². The first-order valence-corrected chi connectivity index (χ1v) is 8.31. The Labute approximate surface area is 136 Å². The van der Waals surface area contributed by atoms with Gasteiger partial charge in [-0.15, -0.1) is 0 Å². The van der Waals surface area contributed by atoms with Crippen molar-refractivity contribution in [1.82, 2.24) is 15.1 Å². The van der Waals surface area contributed by atoms with Crippen LogP contribution in [0.15, 0.2) is 0 Å². The molecule has 2 rings (SSSR count). The number of carbonyl (C=O) groups is 4. The number of imide groups is 1. The van der Waals surface area contributed by atoms with Crippen LogP contribution in [-0.4, -0.2) is 59.6 Å². The maximum Gasteiger partial charge on any atom is 0.243 e. The summed E-state index contributed by atoms with van der Waals surface area (Å²) in [7, 11) is 1.44. The molecule has 2 fully saturated rings. The van der Waals surface area contributed by atoms with Gasteiger partial charge in [-0.3, -0.25) is 24.1 Å². The van der Waals surface area contributed by atoms with Crippen molar-refractivity contribution in [2.24, 2.45) is 5.92 Å². The normalized spacial score (nSPS) is 23.7. The van der Waals surface area contributed by atoms with Gasteiger partial charge in [0.25, 0.3) is 0 Å². The van der Waals surface area contributed by atoms with Crippen molar-refractivity contribution in [3.05, 3.63) is 0 Å². The number of hydrogen-bond donors (Lipinski definition) is 1. The van der Waals surface area contributed by atoms with E-state index in [1.165, 1.54) is 7.05 Å². The summed E-state index contributed by atoms with van der Waals surface area (Å²) >= 11 is 0. The van der Waals surface area contributed by atoms with Gasteiger partial charge in [0.05, 0.1) is 6.42 Å². The zero-order valence-electron chi connectivity index (χ0n) is 13.8. The summed E-state index contributed by atoms with van der Waals surface area (Å²) in [4.78, 5) is 51.7. The topological polar surface area (TPSA) is 86.8 Å². The van der Waals surface area contributed by atoms with Crippen LogP contribution >= 0.6 is 0 Å². The second-order valence-corrected chi connectivity index (χ2v) is 6.34. The fourth-order valence-corrected chi connectivity index (χ4v) is 3.22. The van der Waals surface area contributed by atoms with Crippen molar-refractivity contribution in [2.45, 2.75) is 51.5 Å². The molecule has 0 aliphatic carbocycles. The fraction of sp³-hybridized carbons (Fsp3) is 0.750. The zero-order valence-corrected chi connectivity index (χ0v) is 13.8. The molecule has 2 unspecified atom stereocenters. The molecule has 0 radical (unpaired) electrons. The molecule has 0 aromatic heterocycles. The predicted molar refractivity (Wildman–Crippen MR) is 83.2 cm³/mol. The molecule has 4 amide bonds. The van der Waals surface area contributed by atoms with Crippen LogP contribution in [0.3, 0.4) is 0 Å². The lowest BCUT2D eigenvalue weighted by Gasteiger charge is -2.27. The Morgan fingerprint density at radius 3 is 2.26 bits per heavy atom. The number of likely N-dealkylation sites (N-methyl/N-ethyl adjacent to an activating group) is 1. The molecule has 0 aromatic carbocycles. The van der Waals surface area contributed by atoms with E-state index in [9.17, 15) is 19.2 Å². The second kappa shape index (κ2) is 7.57. The van der Waals surface area contributed by atoms with Gasteiger partial charge in [0.2, 0.25) is 23.6 Å². The first-order chi connectivity index (χ1) is 11.0. The van der Waals surface area contributed by atoms with Gasteiger partial charge in [0.15, 0.2) is 0 Å². The highest BCUT2D eigenvalue weighted by Crippen LogP contribution is 2.23. The van der Waals surface area contributed by atoms with E-state index in [0.29, 0.717) is 13.1 Å². The van der Waals surface area contributed by atoms with Crippen LogP contribution in [0.2, 0.25) is 0 Å². The molecule has 0 saturated carbocycles. The molecule has 2 heterocycles. The summed E-state index contributed by atoms with van der Waals surface area (Å²) in [6, 6.07) is -1.04. The van der Waals surface area contributed by atoms with E-state index in [2.05, 4.69) is 5.32 Å². The van der Waals surface area contributed by atoms with Crippen molar-refractivity contribution >= 4 is 23.6 Å². The molecule has 2 aliphatic heterocycles. The van der Waals surface area contributed by atoms with Gasteiger partial charge in [-0.1, -0.05) is 19.8 Å². The minimum Gasteiger partial charge on any atom is -0.357 e. The van der Waals surface area contributed by atoms with E-state index in [1.54, 1.807) is 11.8 Å². The number of likely N-dealkylation sites (tertiary alicyclic amines) is 2. The Morgan fingerprint density at radius 1 is 1.17 bits per heavy atom. The first-order valence-electron chi connectivity index (χ1n) is 8.31. The molecule has 2 atom stereocenters. The first kappa shape index (κ1) is 17.4. The molecular formula is C16H25N3O4. The molecule has 7 heteroatoms. The highest BCUT2D eigenvalue weighted by Gasteiger charge is 2.43. The van der Waals surface area contributed by atoms with E-state index in [-0.39, 0.29) is 30.6 Å². The van der Waals surface area contributed by atoms with E-state index in [4.69, 9.17) is 0 Å². The summed E-state index contributed by atoms with van der Waals surface area (Å²) in [6.45, 7) is 3.02. The van der Waals surface area contributed by atoms with E-state index in [1.807, 2.05) is 0 Å². The molecular weight excluding hydrogens is 298 g/mol. The van der Waals surface area contributed by atoms with Gasteiger partial charge in [-0.2, -0.15) is 0 Å². The summed E-state index contributed by atoms with van der Waals surface area (Å²) in [5.74, 6) is -1.81. The Kier molecular flexibility index (Phi) is 5.74. The SMILES string of the molecule is CNC(=O)C(CC(=O)N1CCCCCC1)N1C(=O)CC(C)C1=O. The molecule has 2 aliphatic rings. The van der Waals surface area contributed by atoms with Crippen LogP contribution in [-0.2, 0) is 19.2 Å². The highest BCUT2D eigenvalue weighted by atomic mass is 16.2. The molecule has 0 spiro atoms. The number of carbonyl (C=O) groups excluding carboxylic acids is 4. The van der Waals surface area contributed by atoms with Crippen LogP contribution in [0.25, 0.3) is 0 Å². The van der Waals surface area contributed by atoms with Crippen molar-refractivity contribution in [3.8, 4) is 0 Å². The van der Waals surface area contributed by atoms with E-state index < -0.39 is 17.9 Å². The lowest BCUT2D eigenvalue weighted by Crippen LogP contribution is -2.51. The van der Waals surface area contributed by atoms with E-state index in [0.717, 1.165) is 30.6 Å². The van der Waals surface area contributed by atoms with E-state index >= 15 is 0 Å². The Bertz CT molecular complexity index is 498. The average molecular weight is 323 g/mol. The third-order valence-electron chi connectivity index (χ3n) is 4.60. The Balaban J connectivity index is 2.12. The minimum atomic E-state index is -1.04. The summed E-state index contributed by atoms with van der Waals surface area (Å²) in [5, 5.41) is 2.46. The van der Waals surface area contributed by atoms with Gasteiger partial charge < -0.3 is 10.2 Å². The molecule has 128 valence electrons. The van der Waals surface area contributed by atoms with Crippen LogP contribution < -0.4 is 5.32 Å². The monoisotopic (exact) mass is 323 g/mol. The fourth-order valence-electron chi connectivity index (χ4n) is 3.22. The number of nitrogens with one attached hydrogen (secondary N) is 1. The van der Waals surface area contributed by atoms with Crippen molar-refractivity contribution in [3.63, 3.8) is 0 Å². The van der Waals surface area contributed by atoms with Crippen molar-refractivity contribution < 1.29 is 19.2 Å². The lowest BCUT2D eigenvalue weighted by molar-refractivity contribution is -0.149. The number of amides is 4. The summed E-state index contributed by atoms with van der Waals surface area (Å²) in [5.41, 5.74) is 0. The van der Waals surface area contributed by atoms with Crippen molar-refractivity contribution in [1.29, 1.82) is 0 Å². The molecule has 0 bridgehead atoms. The maximum atomic E-state index is 12.5. The molecule has 0 aromatic rings. The zero-order chi connectivity index (χ0) is 17.0. The Hall–Kier alpha value is -1.92. The smallest absolute Gasteiger partial charge is 0.243 e. The summed E-state index contributed by atoms with van der Waals surface area (Å²) < 4.78 is 0. The van der Waals surface area contributed by atoms with Crippen molar-refractivity contribution in [2.75, 3.05) is 20.1 Å². The number of hydrogen-bond acceptors (Lipinski definition) is 4. The van der Waals surface area contributed by atoms with Crippen LogP contribution in [0, 0.1) is 5.92 Å². The quantitative estimate of drug-likeness (QED) is 0.753. The van der Waals surface area contributed by atoms with Crippen LogP contribution in [0.1, 0.15) is 45.4 Å². The third-order valence-corrected chi connectivity index (χ3v) is 4.60. The molecule has 1 N–H and O–H groups in total. The van der Waals surface area contributed by atoms with Crippen LogP contribution in [0.5, 0.6) is 0 Å². The van der Waals surface area contributed by atoms with Gasteiger partial charge in [-0.25, -0.2) is 0 Å². The Morgan fingerprint density at radius 2 is 1.78 bits per heavy atom. The maximum absolute atomic E-state index is 12.5. The minimum absolute atomic E-state index is 0.101. The lowest BCUT2D eigenvalue weighted by atomic mass is 10.1. The van der Waals surface area contributed by atoms with Gasteiger partial charge in [0.1, 0.15) is 6.04 Å². The number of nitrogens with zero attached hydrogens (tertiary/aromatic N) is 2. The largest absolute Gasteiger partial charge is 0.357 e. The summed E-state index contributed by atoms with van der Waals surface area (Å²) in [6.07, 6.45) is 4.07. The molecule has 2 saturated heterocycles. The predicted octanol–water partition coefficient (Wildman–Crippen LogP) is 0.289. The third kappa shape index (κ3) is 3.89. The van der Waals surface area contributed by atoms with Gasteiger partial charge in [-0.05, 0) is 12.8 Å². The highest BCUT2D eigenvalue weighted by molar-refractivity contribution is 6.07.